The molecule has 2 aliphatic rings. The molecule has 0 aromatic carbocycles. The number of hydrogen-bond acceptors (Lipinski definition) is 4. The second-order valence-electron chi connectivity index (χ2n) is 6.76. The highest BCUT2D eigenvalue weighted by atomic mass is 32.1. The van der Waals surface area contributed by atoms with Crippen molar-refractivity contribution in [3.63, 3.8) is 0 Å². The maximum atomic E-state index is 12.8. The predicted octanol–water partition coefficient (Wildman–Crippen LogP) is 3.12. The number of amides is 1. The minimum absolute atomic E-state index is 0.0615. The minimum atomic E-state index is -0.0615. The average molecular weight is 345 g/mol. The zero-order valence-electron chi connectivity index (χ0n) is 14.0. The van der Waals surface area contributed by atoms with Crippen LogP contribution in [0.4, 0.5) is 0 Å². The van der Waals surface area contributed by atoms with Crippen LogP contribution in [0.1, 0.15) is 47.4 Å². The maximum absolute atomic E-state index is 12.8. The standard InChI is InChI=1S/C18H23N3O2S/c1-13-10-19-21(11-13)15-3-2-6-20(12-15)17(22)9-16-18-14(4-7-23-16)5-8-24-18/h5,8,10-11,15-16H,2-4,6-7,9,12H2,1H3. The van der Waals surface area contributed by atoms with E-state index in [1.54, 1.807) is 11.3 Å². The number of nitrogens with zero attached hydrogens (tertiary/aromatic N) is 3. The Hall–Kier alpha value is -1.66. The van der Waals surface area contributed by atoms with Crippen LogP contribution in [0, 0.1) is 6.92 Å². The molecular weight excluding hydrogens is 322 g/mol. The van der Waals surface area contributed by atoms with E-state index in [2.05, 4.69) is 22.7 Å². The number of likely N-dealkylation sites (tertiary alicyclic amines) is 1. The molecule has 4 rings (SSSR count). The molecule has 0 aliphatic carbocycles. The number of carbonyl (C=O) groups is 1. The fourth-order valence-electron chi connectivity index (χ4n) is 3.69. The van der Waals surface area contributed by atoms with Crippen molar-refractivity contribution in [2.45, 2.75) is 44.8 Å². The monoisotopic (exact) mass is 345 g/mol. The van der Waals surface area contributed by atoms with Crippen molar-refractivity contribution in [2.24, 2.45) is 0 Å². The lowest BCUT2D eigenvalue weighted by atomic mass is 10.0. The zero-order chi connectivity index (χ0) is 16.5. The first kappa shape index (κ1) is 15.8. The molecule has 2 aliphatic heterocycles. The first-order chi connectivity index (χ1) is 11.7. The van der Waals surface area contributed by atoms with Crippen molar-refractivity contribution < 1.29 is 9.53 Å². The summed E-state index contributed by atoms with van der Waals surface area (Å²) in [6.45, 7) is 4.37. The molecule has 1 saturated heterocycles. The lowest BCUT2D eigenvalue weighted by molar-refractivity contribution is -0.136. The number of rotatable bonds is 3. The van der Waals surface area contributed by atoms with Crippen molar-refractivity contribution >= 4 is 17.2 Å². The number of aromatic nitrogens is 2. The third kappa shape index (κ3) is 3.13. The molecule has 128 valence electrons. The summed E-state index contributed by atoms with van der Waals surface area (Å²) in [6.07, 6.45) is 7.43. The average Bonchev–Trinajstić information content (AvgIpc) is 3.24. The van der Waals surface area contributed by atoms with Crippen LogP contribution in [-0.2, 0) is 16.0 Å². The molecule has 2 aromatic heterocycles. The Balaban J connectivity index is 1.42. The molecule has 0 N–H and O–H groups in total. The third-order valence-electron chi connectivity index (χ3n) is 4.98. The van der Waals surface area contributed by atoms with E-state index in [0.29, 0.717) is 12.5 Å². The number of carbonyl (C=O) groups excluding carboxylic acids is 1. The highest BCUT2D eigenvalue weighted by Gasteiger charge is 2.30. The lowest BCUT2D eigenvalue weighted by Gasteiger charge is -2.34. The van der Waals surface area contributed by atoms with Crippen LogP contribution in [0.25, 0.3) is 0 Å². The van der Waals surface area contributed by atoms with E-state index in [1.807, 2.05) is 22.7 Å². The number of aryl methyl sites for hydroxylation is 1. The van der Waals surface area contributed by atoms with Crippen LogP contribution in [0.15, 0.2) is 23.8 Å². The molecule has 24 heavy (non-hydrogen) atoms. The molecule has 0 spiro atoms. The molecule has 5 nitrogen and oxygen atoms in total. The van der Waals surface area contributed by atoms with Crippen molar-refractivity contribution in [1.82, 2.24) is 14.7 Å². The van der Waals surface area contributed by atoms with E-state index in [-0.39, 0.29) is 12.0 Å². The Morgan fingerprint density at radius 3 is 3.25 bits per heavy atom. The largest absolute Gasteiger partial charge is 0.372 e. The van der Waals surface area contributed by atoms with Crippen LogP contribution in [0.3, 0.4) is 0 Å². The summed E-state index contributed by atoms with van der Waals surface area (Å²) in [5.74, 6) is 0.204. The first-order valence-electron chi connectivity index (χ1n) is 8.67. The first-order valence-corrected chi connectivity index (χ1v) is 9.55. The van der Waals surface area contributed by atoms with Gasteiger partial charge in [-0.1, -0.05) is 0 Å². The van der Waals surface area contributed by atoms with Crippen LogP contribution in [0.2, 0.25) is 0 Å². The van der Waals surface area contributed by atoms with Gasteiger partial charge in [-0.2, -0.15) is 5.10 Å². The summed E-state index contributed by atoms with van der Waals surface area (Å²) in [5.41, 5.74) is 2.52. The number of piperidine rings is 1. The van der Waals surface area contributed by atoms with Gasteiger partial charge in [-0.25, -0.2) is 0 Å². The molecule has 0 saturated carbocycles. The van der Waals surface area contributed by atoms with Gasteiger partial charge in [0.05, 0.1) is 25.3 Å². The van der Waals surface area contributed by atoms with E-state index in [1.165, 1.54) is 16.0 Å². The molecule has 1 fully saturated rings. The Labute approximate surface area is 146 Å². The van der Waals surface area contributed by atoms with Crippen molar-refractivity contribution in [2.75, 3.05) is 19.7 Å². The molecule has 2 unspecified atom stereocenters. The van der Waals surface area contributed by atoms with Gasteiger partial charge < -0.3 is 9.64 Å². The fraction of sp³-hybridized carbons (Fsp3) is 0.556. The number of ether oxygens (including phenoxy) is 1. The molecule has 0 radical (unpaired) electrons. The quantitative estimate of drug-likeness (QED) is 0.859. The fourth-order valence-corrected chi connectivity index (χ4v) is 4.70. The normalized spacial score (nSPS) is 24.0. The zero-order valence-corrected chi connectivity index (χ0v) is 14.8. The van der Waals surface area contributed by atoms with Crippen LogP contribution in [-0.4, -0.2) is 40.3 Å². The van der Waals surface area contributed by atoms with Gasteiger partial charge in [-0.05, 0) is 48.8 Å². The van der Waals surface area contributed by atoms with Gasteiger partial charge in [-0.3, -0.25) is 9.48 Å². The summed E-state index contributed by atoms with van der Waals surface area (Å²) >= 11 is 1.71. The van der Waals surface area contributed by atoms with Crippen LogP contribution in [0.5, 0.6) is 0 Å². The second kappa shape index (κ2) is 6.69. The van der Waals surface area contributed by atoms with E-state index in [0.717, 1.165) is 39.0 Å². The molecule has 4 heterocycles. The Morgan fingerprint density at radius 1 is 1.50 bits per heavy atom. The van der Waals surface area contributed by atoms with E-state index in [4.69, 9.17) is 4.74 Å². The smallest absolute Gasteiger partial charge is 0.225 e. The van der Waals surface area contributed by atoms with E-state index >= 15 is 0 Å². The van der Waals surface area contributed by atoms with Gasteiger partial charge in [0.15, 0.2) is 0 Å². The Kier molecular flexibility index (Phi) is 4.41. The molecule has 2 atom stereocenters. The Bertz CT molecular complexity index is 723. The number of fused-ring (bicyclic) bond motifs is 1. The van der Waals surface area contributed by atoms with Crippen molar-refractivity contribution in [3.05, 3.63) is 39.8 Å². The third-order valence-corrected chi connectivity index (χ3v) is 6.03. The second-order valence-corrected chi connectivity index (χ2v) is 7.70. The molecule has 2 aromatic rings. The van der Waals surface area contributed by atoms with Crippen LogP contribution < -0.4 is 0 Å². The van der Waals surface area contributed by atoms with Gasteiger partial charge >= 0.3 is 0 Å². The SMILES string of the molecule is Cc1cnn(C2CCCN(C(=O)CC3OCCc4ccsc43)C2)c1. The van der Waals surface area contributed by atoms with Gasteiger partial charge in [0.25, 0.3) is 0 Å². The summed E-state index contributed by atoms with van der Waals surface area (Å²) in [6, 6.07) is 2.46. The number of thiophene rings is 1. The maximum Gasteiger partial charge on any atom is 0.225 e. The summed E-state index contributed by atoms with van der Waals surface area (Å²) < 4.78 is 7.90. The van der Waals surface area contributed by atoms with Gasteiger partial charge in [-0.15, -0.1) is 11.3 Å². The van der Waals surface area contributed by atoms with Gasteiger partial charge in [0.1, 0.15) is 6.10 Å². The van der Waals surface area contributed by atoms with Crippen molar-refractivity contribution in [3.8, 4) is 0 Å². The summed E-state index contributed by atoms with van der Waals surface area (Å²) in [5, 5.41) is 6.53. The summed E-state index contributed by atoms with van der Waals surface area (Å²) in [7, 11) is 0. The topological polar surface area (TPSA) is 47.4 Å². The highest BCUT2D eigenvalue weighted by Crippen LogP contribution is 2.34. The lowest BCUT2D eigenvalue weighted by Crippen LogP contribution is -2.41. The molecule has 1 amide bonds. The summed E-state index contributed by atoms with van der Waals surface area (Å²) in [4.78, 5) is 16.0. The Morgan fingerprint density at radius 2 is 2.42 bits per heavy atom. The number of hydrogen-bond donors (Lipinski definition) is 0. The highest BCUT2D eigenvalue weighted by molar-refractivity contribution is 7.10. The van der Waals surface area contributed by atoms with Crippen molar-refractivity contribution in [1.29, 1.82) is 0 Å². The van der Waals surface area contributed by atoms with Gasteiger partial charge in [0.2, 0.25) is 5.91 Å². The predicted molar refractivity (Wildman–Crippen MR) is 93.1 cm³/mol. The van der Waals surface area contributed by atoms with Gasteiger partial charge in [0, 0.05) is 24.2 Å². The van der Waals surface area contributed by atoms with E-state index in [9.17, 15) is 4.79 Å². The van der Waals surface area contributed by atoms with E-state index < -0.39 is 0 Å². The van der Waals surface area contributed by atoms with Crippen LogP contribution >= 0.6 is 11.3 Å². The molecular formula is C18H23N3O2S. The molecule has 0 bridgehead atoms. The molecule has 6 heteroatoms. The minimum Gasteiger partial charge on any atom is -0.372 e.